The molecule has 0 aliphatic rings. The van der Waals surface area contributed by atoms with Crippen LogP contribution in [0.2, 0.25) is 0 Å². The number of Topliss-reactive ketones (excluding diaryl/α,β-unsaturated/α-hetero) is 2. The lowest BCUT2D eigenvalue weighted by molar-refractivity contribution is -0.115. The van der Waals surface area contributed by atoms with Crippen molar-refractivity contribution >= 4 is 17.8 Å². The highest BCUT2D eigenvalue weighted by atomic mass is 16.1. The molecule has 0 saturated heterocycles. The van der Waals surface area contributed by atoms with Gasteiger partial charge in [-0.1, -0.05) is 42.5 Å². The summed E-state index contributed by atoms with van der Waals surface area (Å²) in [5, 5.41) is 0. The maximum absolute atomic E-state index is 12.9. The zero-order valence-electron chi connectivity index (χ0n) is 19.3. The van der Waals surface area contributed by atoms with Crippen LogP contribution in [0, 0.1) is 6.92 Å². The summed E-state index contributed by atoms with van der Waals surface area (Å²) in [4.78, 5) is 40.4. The summed E-state index contributed by atoms with van der Waals surface area (Å²) in [5.74, 6) is 0.382. The van der Waals surface area contributed by atoms with Crippen LogP contribution in [-0.2, 0) is 24.1 Å². The largest absolute Gasteiger partial charge is 0.361 e. The predicted molar refractivity (Wildman–Crippen MR) is 132 cm³/mol. The smallest absolute Gasteiger partial charge is 0.323 e. The van der Waals surface area contributed by atoms with Crippen molar-refractivity contribution in [2.75, 3.05) is 0 Å². The van der Waals surface area contributed by atoms with Gasteiger partial charge in [0.05, 0.1) is 5.69 Å². The first-order valence-corrected chi connectivity index (χ1v) is 11.1. The molecule has 0 N–H and O–H groups in total. The molecule has 2 heterocycles. The Kier molecular flexibility index (Phi) is 7.40. The monoisotopic (exact) mass is 461 g/mol. The SMILES string of the molecule is Cc1ccc(CC(=O)c2ccc(CC(=O)C=[N+]=[N-])cc2)cc1Cc1nccc(-c2cccnc2)n1. The highest BCUT2D eigenvalue weighted by Crippen LogP contribution is 2.19. The van der Waals surface area contributed by atoms with Crippen LogP contribution in [0.3, 0.4) is 0 Å². The molecule has 0 amide bonds. The Morgan fingerprint density at radius 3 is 2.51 bits per heavy atom. The van der Waals surface area contributed by atoms with Crippen molar-refractivity contribution in [2.24, 2.45) is 0 Å². The zero-order chi connectivity index (χ0) is 24.6. The number of carbonyl (C=O) groups is 2. The Labute approximate surface area is 203 Å². The third-order valence-electron chi connectivity index (χ3n) is 5.65. The number of hydrogen-bond donors (Lipinski definition) is 0. The van der Waals surface area contributed by atoms with Crippen LogP contribution in [0.5, 0.6) is 0 Å². The minimum atomic E-state index is -0.311. The van der Waals surface area contributed by atoms with Crippen molar-refractivity contribution in [3.63, 3.8) is 0 Å². The number of aromatic nitrogens is 3. The van der Waals surface area contributed by atoms with Crippen LogP contribution in [0.4, 0.5) is 0 Å². The van der Waals surface area contributed by atoms with E-state index in [2.05, 4.69) is 14.8 Å². The Balaban J connectivity index is 1.46. The van der Waals surface area contributed by atoms with Gasteiger partial charge in [-0.3, -0.25) is 14.6 Å². The van der Waals surface area contributed by atoms with E-state index in [1.54, 1.807) is 42.9 Å². The van der Waals surface area contributed by atoms with Crippen molar-refractivity contribution in [2.45, 2.75) is 26.2 Å². The van der Waals surface area contributed by atoms with Crippen LogP contribution in [0.15, 0.2) is 79.3 Å². The van der Waals surface area contributed by atoms with E-state index >= 15 is 0 Å². The molecule has 2 aromatic heterocycles. The van der Waals surface area contributed by atoms with Crippen molar-refractivity contribution in [1.82, 2.24) is 15.0 Å². The summed E-state index contributed by atoms with van der Waals surface area (Å²) in [7, 11) is 0. The van der Waals surface area contributed by atoms with Crippen LogP contribution in [0.25, 0.3) is 16.8 Å². The van der Waals surface area contributed by atoms with Gasteiger partial charge < -0.3 is 5.53 Å². The molecule has 0 atom stereocenters. The summed E-state index contributed by atoms with van der Waals surface area (Å²) in [6.45, 7) is 2.04. The molecule has 0 bridgehead atoms. The summed E-state index contributed by atoms with van der Waals surface area (Å²) in [6, 6.07) is 18.6. The van der Waals surface area contributed by atoms with Gasteiger partial charge in [0, 0.05) is 49.0 Å². The molecule has 0 unspecified atom stereocenters. The molecule has 2 aromatic carbocycles. The number of carbonyl (C=O) groups excluding carboxylic acids is 2. The molecule has 0 aliphatic carbocycles. The summed E-state index contributed by atoms with van der Waals surface area (Å²) in [5.41, 5.74) is 14.6. The highest BCUT2D eigenvalue weighted by Gasteiger charge is 2.12. The number of nitrogens with zero attached hydrogens (tertiary/aromatic N) is 5. The van der Waals surface area contributed by atoms with Gasteiger partial charge in [0.2, 0.25) is 5.78 Å². The van der Waals surface area contributed by atoms with Crippen molar-refractivity contribution in [3.8, 4) is 11.3 Å². The second kappa shape index (κ2) is 11.0. The first-order valence-electron chi connectivity index (χ1n) is 11.1. The zero-order valence-corrected chi connectivity index (χ0v) is 19.3. The molecule has 0 spiro atoms. The molecule has 0 aliphatic heterocycles. The van der Waals surface area contributed by atoms with E-state index in [1.807, 2.05) is 43.3 Å². The molecule has 4 rings (SSSR count). The molecule has 4 aromatic rings. The molecular weight excluding hydrogens is 438 g/mol. The molecular formula is C28H23N5O2. The van der Waals surface area contributed by atoms with Gasteiger partial charge in [0.1, 0.15) is 5.82 Å². The molecule has 35 heavy (non-hydrogen) atoms. The summed E-state index contributed by atoms with van der Waals surface area (Å²) in [6.07, 6.45) is 7.06. The standard InChI is InChI=1S/C28H23N5O2/c1-19-4-5-21(15-27(35)22-8-6-20(7-9-22)14-25(34)18-32-29)13-24(19)16-28-31-12-10-26(33-28)23-3-2-11-30-17-23/h2-13,17-18H,14-16H2,1H3. The van der Waals surface area contributed by atoms with E-state index in [4.69, 9.17) is 10.5 Å². The van der Waals surface area contributed by atoms with Gasteiger partial charge in [-0.2, -0.15) is 4.79 Å². The molecule has 0 saturated carbocycles. The number of pyridine rings is 1. The second-order valence-electron chi connectivity index (χ2n) is 8.22. The fourth-order valence-corrected chi connectivity index (χ4v) is 3.76. The lowest BCUT2D eigenvalue weighted by Gasteiger charge is -2.10. The Morgan fingerprint density at radius 1 is 0.971 bits per heavy atom. The number of rotatable bonds is 9. The summed E-state index contributed by atoms with van der Waals surface area (Å²) < 4.78 is 0. The average Bonchev–Trinajstić information content (AvgIpc) is 2.87. The first kappa shape index (κ1) is 23.5. The average molecular weight is 462 g/mol. The van der Waals surface area contributed by atoms with Crippen molar-refractivity contribution in [1.29, 1.82) is 0 Å². The van der Waals surface area contributed by atoms with Crippen LogP contribution >= 0.6 is 0 Å². The molecule has 172 valence electrons. The molecule has 7 nitrogen and oxygen atoms in total. The van der Waals surface area contributed by atoms with Gasteiger partial charge in [-0.15, -0.1) is 0 Å². The quantitative estimate of drug-likeness (QED) is 0.160. The Morgan fingerprint density at radius 2 is 1.77 bits per heavy atom. The van der Waals surface area contributed by atoms with Gasteiger partial charge in [0.25, 0.3) is 0 Å². The van der Waals surface area contributed by atoms with Gasteiger partial charge in [-0.05, 0) is 47.4 Å². The first-order chi connectivity index (χ1) is 17.0. The number of aryl methyl sites for hydroxylation is 1. The van der Waals surface area contributed by atoms with E-state index in [1.165, 1.54) is 0 Å². The van der Waals surface area contributed by atoms with E-state index in [0.29, 0.717) is 17.8 Å². The Hall–Kier alpha value is -4.61. The van der Waals surface area contributed by atoms with Crippen molar-refractivity contribution < 1.29 is 14.4 Å². The van der Waals surface area contributed by atoms with Gasteiger partial charge in [-0.25, -0.2) is 9.97 Å². The normalized spacial score (nSPS) is 10.4. The molecule has 0 radical (unpaired) electrons. The third kappa shape index (κ3) is 6.25. The van der Waals surface area contributed by atoms with Gasteiger partial charge >= 0.3 is 6.21 Å². The van der Waals surface area contributed by atoms with E-state index in [-0.39, 0.29) is 24.4 Å². The van der Waals surface area contributed by atoms with E-state index < -0.39 is 0 Å². The number of hydrogen-bond acceptors (Lipinski definition) is 5. The number of benzene rings is 2. The van der Waals surface area contributed by atoms with Gasteiger partial charge in [0.15, 0.2) is 5.78 Å². The minimum absolute atomic E-state index is 0.00979. The van der Waals surface area contributed by atoms with E-state index in [9.17, 15) is 9.59 Å². The maximum atomic E-state index is 12.9. The lowest BCUT2D eigenvalue weighted by Crippen LogP contribution is -2.07. The van der Waals surface area contributed by atoms with Crippen LogP contribution in [0.1, 0.15) is 38.4 Å². The third-order valence-corrected chi connectivity index (χ3v) is 5.65. The van der Waals surface area contributed by atoms with Crippen LogP contribution in [-0.4, -0.2) is 37.5 Å². The summed E-state index contributed by atoms with van der Waals surface area (Å²) >= 11 is 0. The minimum Gasteiger partial charge on any atom is -0.361 e. The Bertz CT molecular complexity index is 1410. The molecule has 0 fully saturated rings. The lowest BCUT2D eigenvalue weighted by atomic mass is 9.96. The van der Waals surface area contributed by atoms with Crippen molar-refractivity contribution in [3.05, 3.63) is 118 Å². The fourth-order valence-electron chi connectivity index (χ4n) is 3.76. The maximum Gasteiger partial charge on any atom is 0.323 e. The number of ketones is 2. The van der Waals surface area contributed by atoms with Crippen LogP contribution < -0.4 is 0 Å². The van der Waals surface area contributed by atoms with E-state index in [0.717, 1.165) is 39.7 Å². The second-order valence-corrected chi connectivity index (χ2v) is 8.22. The highest BCUT2D eigenvalue weighted by molar-refractivity contribution is 6.25. The fraction of sp³-hybridized carbons (Fsp3) is 0.143. The topological polar surface area (TPSA) is 109 Å². The predicted octanol–water partition coefficient (Wildman–Crippen LogP) is 4.28. The molecule has 7 heteroatoms.